The third kappa shape index (κ3) is 6.08. The Labute approximate surface area is 177 Å². The lowest BCUT2D eigenvalue weighted by molar-refractivity contribution is -0.141. The molecule has 2 aromatic carbocycles. The van der Waals surface area contributed by atoms with E-state index in [1.54, 1.807) is 17.2 Å². The van der Waals surface area contributed by atoms with E-state index in [9.17, 15) is 9.59 Å². The van der Waals surface area contributed by atoms with Crippen molar-refractivity contribution < 1.29 is 14.0 Å². The first-order valence-corrected chi connectivity index (χ1v) is 10.3. The van der Waals surface area contributed by atoms with Crippen LogP contribution in [0.25, 0.3) is 0 Å². The molecule has 2 amide bonds. The zero-order chi connectivity index (χ0) is 21.2. The van der Waals surface area contributed by atoms with E-state index in [-0.39, 0.29) is 18.4 Å². The van der Waals surface area contributed by atoms with Crippen LogP contribution in [0, 0.1) is 0 Å². The van der Waals surface area contributed by atoms with E-state index in [0.717, 1.165) is 17.5 Å². The van der Waals surface area contributed by atoms with Crippen molar-refractivity contribution in [1.29, 1.82) is 0 Å². The Hall–Kier alpha value is -3.34. The number of nitrogens with one attached hydrogen (secondary N) is 1. The van der Waals surface area contributed by atoms with Crippen LogP contribution in [0.1, 0.15) is 36.7 Å². The van der Waals surface area contributed by atoms with E-state index in [1.165, 1.54) is 0 Å². The number of benzene rings is 2. The summed E-state index contributed by atoms with van der Waals surface area (Å²) < 4.78 is 5.33. The first-order chi connectivity index (χ1) is 14.7. The summed E-state index contributed by atoms with van der Waals surface area (Å²) in [6.45, 7) is 2.66. The van der Waals surface area contributed by atoms with Crippen LogP contribution in [0.4, 0.5) is 0 Å². The molecule has 156 valence electrons. The van der Waals surface area contributed by atoms with Crippen LogP contribution in [0.15, 0.2) is 83.5 Å². The Balaban J connectivity index is 1.85. The quantitative estimate of drug-likeness (QED) is 0.547. The summed E-state index contributed by atoms with van der Waals surface area (Å²) in [6.07, 6.45) is 3.17. The highest BCUT2D eigenvalue weighted by Gasteiger charge is 2.29. The summed E-state index contributed by atoms with van der Waals surface area (Å²) in [6, 6.07) is 22.6. The summed E-state index contributed by atoms with van der Waals surface area (Å²) in [4.78, 5) is 28.0. The van der Waals surface area contributed by atoms with Crippen LogP contribution in [-0.4, -0.2) is 22.8 Å². The van der Waals surface area contributed by atoms with E-state index < -0.39 is 6.04 Å². The van der Waals surface area contributed by atoms with E-state index in [1.807, 2.05) is 73.7 Å². The zero-order valence-corrected chi connectivity index (χ0v) is 17.3. The molecule has 0 spiro atoms. The highest BCUT2D eigenvalue weighted by Crippen LogP contribution is 2.16. The third-order valence-electron chi connectivity index (χ3n) is 4.95. The lowest BCUT2D eigenvalue weighted by atomic mass is 10.0. The van der Waals surface area contributed by atoms with Gasteiger partial charge in [0, 0.05) is 19.4 Å². The molecule has 0 saturated heterocycles. The molecule has 0 unspecified atom stereocenters. The zero-order valence-electron chi connectivity index (χ0n) is 17.3. The standard InChI is InChI=1S/C25H28N2O3/c1-2-10-24(28)27(19-21-13-7-4-8-14-21)23(17-20-11-5-3-6-12-20)25(29)26-18-22-15-9-16-30-22/h3-9,11-16,23H,2,10,17-19H2,1H3,(H,26,29)/t23-/m1/s1. The molecule has 5 heteroatoms. The second-order valence-electron chi connectivity index (χ2n) is 7.26. The second kappa shape index (κ2) is 11.0. The number of amides is 2. The molecule has 5 nitrogen and oxygen atoms in total. The van der Waals surface area contributed by atoms with Gasteiger partial charge in [0.1, 0.15) is 11.8 Å². The largest absolute Gasteiger partial charge is 0.467 e. The first kappa shape index (κ1) is 21.4. The van der Waals surface area contributed by atoms with Crippen molar-refractivity contribution in [2.45, 2.75) is 45.3 Å². The van der Waals surface area contributed by atoms with Gasteiger partial charge in [0.25, 0.3) is 0 Å². The lowest BCUT2D eigenvalue weighted by Crippen LogP contribution is -2.50. The molecule has 0 fully saturated rings. The van der Waals surface area contributed by atoms with Crippen molar-refractivity contribution in [3.05, 3.63) is 95.9 Å². The molecule has 0 aliphatic rings. The van der Waals surface area contributed by atoms with E-state index in [4.69, 9.17) is 4.42 Å². The normalized spacial score (nSPS) is 11.6. The second-order valence-corrected chi connectivity index (χ2v) is 7.26. The van der Waals surface area contributed by atoms with Crippen molar-refractivity contribution >= 4 is 11.8 Å². The predicted molar refractivity (Wildman–Crippen MR) is 116 cm³/mol. The highest BCUT2D eigenvalue weighted by molar-refractivity contribution is 5.88. The van der Waals surface area contributed by atoms with Gasteiger partial charge in [-0.2, -0.15) is 0 Å². The number of hydrogen-bond acceptors (Lipinski definition) is 3. The molecule has 3 rings (SSSR count). The van der Waals surface area contributed by atoms with Crippen LogP contribution in [0.2, 0.25) is 0 Å². The molecule has 0 saturated carbocycles. The number of carbonyl (C=O) groups excluding carboxylic acids is 2. The maximum absolute atomic E-state index is 13.2. The fourth-order valence-corrected chi connectivity index (χ4v) is 3.40. The molecule has 0 bridgehead atoms. The summed E-state index contributed by atoms with van der Waals surface area (Å²) in [5.41, 5.74) is 2.01. The van der Waals surface area contributed by atoms with Crippen LogP contribution < -0.4 is 5.32 Å². The highest BCUT2D eigenvalue weighted by atomic mass is 16.3. The van der Waals surface area contributed by atoms with Gasteiger partial charge in [0.2, 0.25) is 11.8 Å². The fraction of sp³-hybridized carbons (Fsp3) is 0.280. The van der Waals surface area contributed by atoms with Crippen molar-refractivity contribution in [3.63, 3.8) is 0 Å². The smallest absolute Gasteiger partial charge is 0.243 e. The van der Waals surface area contributed by atoms with Gasteiger partial charge in [-0.05, 0) is 29.7 Å². The summed E-state index contributed by atoms with van der Waals surface area (Å²) in [5.74, 6) is 0.474. The molecule has 1 heterocycles. The van der Waals surface area contributed by atoms with Gasteiger partial charge in [-0.25, -0.2) is 0 Å². The maximum Gasteiger partial charge on any atom is 0.243 e. The molecular formula is C25H28N2O3. The molecule has 0 radical (unpaired) electrons. The van der Waals surface area contributed by atoms with Crippen LogP contribution in [0.5, 0.6) is 0 Å². The Bertz CT molecular complexity index is 908. The molecule has 1 aromatic heterocycles. The van der Waals surface area contributed by atoms with Gasteiger partial charge in [-0.1, -0.05) is 67.6 Å². The third-order valence-corrected chi connectivity index (χ3v) is 4.95. The Morgan fingerprint density at radius 3 is 2.20 bits per heavy atom. The minimum Gasteiger partial charge on any atom is -0.467 e. The van der Waals surface area contributed by atoms with Gasteiger partial charge in [0.05, 0.1) is 12.8 Å². The van der Waals surface area contributed by atoms with Gasteiger partial charge in [-0.15, -0.1) is 0 Å². The van der Waals surface area contributed by atoms with Crippen LogP contribution in [-0.2, 0) is 29.1 Å². The van der Waals surface area contributed by atoms with Gasteiger partial charge < -0.3 is 14.6 Å². The SMILES string of the molecule is CCCC(=O)N(Cc1ccccc1)[C@H](Cc1ccccc1)C(=O)NCc1ccco1. The lowest BCUT2D eigenvalue weighted by Gasteiger charge is -2.31. The Morgan fingerprint density at radius 1 is 0.933 bits per heavy atom. The minimum absolute atomic E-state index is 0.0181. The van der Waals surface area contributed by atoms with Crippen molar-refractivity contribution in [2.75, 3.05) is 0 Å². The van der Waals surface area contributed by atoms with Crippen molar-refractivity contribution in [2.24, 2.45) is 0 Å². The molecular weight excluding hydrogens is 376 g/mol. The summed E-state index contributed by atoms with van der Waals surface area (Å²) in [5, 5.41) is 2.94. The van der Waals surface area contributed by atoms with Crippen molar-refractivity contribution in [3.8, 4) is 0 Å². The van der Waals surface area contributed by atoms with Crippen LogP contribution in [0.3, 0.4) is 0 Å². The average molecular weight is 405 g/mol. The van der Waals surface area contributed by atoms with Crippen molar-refractivity contribution in [1.82, 2.24) is 10.2 Å². The van der Waals surface area contributed by atoms with Gasteiger partial charge in [-0.3, -0.25) is 9.59 Å². The minimum atomic E-state index is -0.610. The number of hydrogen-bond donors (Lipinski definition) is 1. The molecule has 0 aliphatic carbocycles. The summed E-state index contributed by atoms with van der Waals surface area (Å²) in [7, 11) is 0. The van der Waals surface area contributed by atoms with Crippen LogP contribution >= 0.6 is 0 Å². The van der Waals surface area contributed by atoms with E-state index in [0.29, 0.717) is 25.1 Å². The number of nitrogens with zero attached hydrogens (tertiary/aromatic N) is 1. The molecule has 0 aliphatic heterocycles. The van der Waals surface area contributed by atoms with E-state index in [2.05, 4.69) is 5.32 Å². The molecule has 1 N–H and O–H groups in total. The Kier molecular flexibility index (Phi) is 7.84. The molecule has 1 atom stereocenters. The molecule has 30 heavy (non-hydrogen) atoms. The average Bonchev–Trinajstić information content (AvgIpc) is 3.30. The number of furan rings is 1. The number of rotatable bonds is 10. The predicted octanol–water partition coefficient (Wildman–Crippen LogP) is 4.34. The Morgan fingerprint density at radius 2 is 1.60 bits per heavy atom. The maximum atomic E-state index is 13.2. The first-order valence-electron chi connectivity index (χ1n) is 10.3. The fourth-order valence-electron chi connectivity index (χ4n) is 3.40. The van der Waals surface area contributed by atoms with Gasteiger partial charge >= 0.3 is 0 Å². The summed E-state index contributed by atoms with van der Waals surface area (Å²) >= 11 is 0. The monoisotopic (exact) mass is 404 g/mol. The number of carbonyl (C=O) groups is 2. The molecule has 3 aromatic rings. The van der Waals surface area contributed by atoms with Gasteiger partial charge in [0.15, 0.2) is 0 Å². The van der Waals surface area contributed by atoms with E-state index >= 15 is 0 Å². The topological polar surface area (TPSA) is 62.6 Å².